The Balaban J connectivity index is 3.38. The molecule has 0 aliphatic carbocycles. The van der Waals surface area contributed by atoms with E-state index in [9.17, 15) is 4.79 Å². The molecule has 76 valence electrons. The van der Waals surface area contributed by atoms with Crippen molar-refractivity contribution in [2.75, 3.05) is 0 Å². The van der Waals surface area contributed by atoms with E-state index in [4.69, 9.17) is 16.9 Å². The number of rotatable bonds is 8. The monoisotopic (exact) mass is 205 g/mol. The number of nitrogens with one attached hydrogen (secondary N) is 1. The molecule has 0 unspecified atom stereocenters. The lowest BCUT2D eigenvalue weighted by molar-refractivity contribution is -0.139. The summed E-state index contributed by atoms with van der Waals surface area (Å²) in [5.41, 5.74) is 0. The Morgan fingerprint density at radius 2 is 2.23 bits per heavy atom. The fourth-order valence-electron chi connectivity index (χ4n) is 1.04. The van der Waals surface area contributed by atoms with Crippen LogP contribution in [0.3, 0.4) is 0 Å². The Morgan fingerprint density at radius 3 is 2.69 bits per heavy atom. The van der Waals surface area contributed by atoms with E-state index >= 15 is 0 Å². The first-order valence-electron chi connectivity index (χ1n) is 4.42. The molecule has 1 atom stereocenters. The third-order valence-electron chi connectivity index (χ3n) is 1.83. The van der Waals surface area contributed by atoms with Crippen molar-refractivity contribution < 1.29 is 9.90 Å². The molecule has 0 fully saturated rings. The minimum absolute atomic E-state index is 0.579. The summed E-state index contributed by atoms with van der Waals surface area (Å²) in [4.78, 5) is 12.7. The van der Waals surface area contributed by atoms with Gasteiger partial charge in [-0.1, -0.05) is 18.9 Å². The Kier molecular flexibility index (Phi) is 7.74. The molecule has 0 aliphatic heterocycles. The molecule has 4 heteroatoms. The van der Waals surface area contributed by atoms with Crippen LogP contribution in [0.5, 0.6) is 0 Å². The van der Waals surface area contributed by atoms with E-state index in [-0.39, 0.29) is 0 Å². The second kappa shape index (κ2) is 8.08. The molecule has 0 amide bonds. The van der Waals surface area contributed by atoms with Crippen LogP contribution >= 0.6 is 11.8 Å². The number of carboxylic acids is 1. The number of hydrogen-bond acceptors (Lipinski definition) is 2. The lowest BCUT2D eigenvalue weighted by atomic mass is 10.1. The van der Waals surface area contributed by atoms with Gasteiger partial charge < -0.3 is 5.11 Å². The van der Waals surface area contributed by atoms with Gasteiger partial charge in [-0.25, -0.2) is 4.84 Å². The van der Waals surface area contributed by atoms with E-state index in [1.807, 2.05) is 6.08 Å². The molecule has 0 aromatic carbocycles. The predicted octanol–water partition coefficient (Wildman–Crippen LogP) is 2.32. The second-order valence-electron chi connectivity index (χ2n) is 2.93. The van der Waals surface area contributed by atoms with E-state index < -0.39 is 12.0 Å². The van der Waals surface area contributed by atoms with E-state index in [2.05, 4.69) is 11.4 Å². The number of carboxylic acid groups (broad SMARTS) is 1. The zero-order valence-corrected chi connectivity index (χ0v) is 8.39. The summed E-state index contributed by atoms with van der Waals surface area (Å²) >= 11 is 5.26. The predicted molar refractivity (Wildman–Crippen MR) is 53.7 cm³/mol. The van der Waals surface area contributed by atoms with Crippen LogP contribution in [0.25, 0.3) is 0 Å². The number of allylic oxidation sites excluding steroid dienone is 1. The maximum atomic E-state index is 10.5. The zero-order valence-electron chi connectivity index (χ0n) is 7.63. The van der Waals surface area contributed by atoms with Gasteiger partial charge in [0.05, 0.1) is 0 Å². The fraction of sp³-hybridized carbons (Fsp3) is 0.667. The first-order valence-corrected chi connectivity index (χ1v) is 4.80. The Morgan fingerprint density at radius 1 is 1.54 bits per heavy atom. The maximum absolute atomic E-state index is 10.5. The molecule has 0 radical (unpaired) electrons. The lowest BCUT2D eigenvalue weighted by Crippen LogP contribution is -2.30. The minimum atomic E-state index is -0.890. The van der Waals surface area contributed by atoms with Crippen molar-refractivity contribution in [1.82, 2.24) is 4.84 Å². The molecule has 0 aromatic rings. The van der Waals surface area contributed by atoms with Crippen LogP contribution in [-0.2, 0) is 4.79 Å². The summed E-state index contributed by atoms with van der Waals surface area (Å²) in [6.45, 7) is 3.61. The molecule has 0 heterocycles. The van der Waals surface area contributed by atoms with E-state index in [0.29, 0.717) is 6.42 Å². The van der Waals surface area contributed by atoms with Gasteiger partial charge in [0.1, 0.15) is 6.04 Å². The number of halogens is 1. The van der Waals surface area contributed by atoms with Crippen LogP contribution in [-0.4, -0.2) is 17.1 Å². The van der Waals surface area contributed by atoms with Crippen molar-refractivity contribution in [3.05, 3.63) is 12.7 Å². The van der Waals surface area contributed by atoms with Crippen molar-refractivity contribution in [3.8, 4) is 0 Å². The third-order valence-corrected chi connectivity index (χ3v) is 2.09. The van der Waals surface area contributed by atoms with Gasteiger partial charge in [0.15, 0.2) is 0 Å². The summed E-state index contributed by atoms with van der Waals surface area (Å²) in [5.74, 6) is -0.890. The highest BCUT2D eigenvalue weighted by atomic mass is 35.5. The highest BCUT2D eigenvalue weighted by Crippen LogP contribution is 2.06. The van der Waals surface area contributed by atoms with Crippen LogP contribution < -0.4 is 4.84 Å². The van der Waals surface area contributed by atoms with Crippen LogP contribution in [0.15, 0.2) is 12.7 Å². The summed E-state index contributed by atoms with van der Waals surface area (Å²) in [5, 5.41) is 8.61. The third kappa shape index (κ3) is 6.61. The smallest absolute Gasteiger partial charge is 0.321 e. The first-order chi connectivity index (χ1) is 6.22. The number of unbranched alkanes of at least 4 members (excludes halogenated alkanes) is 3. The van der Waals surface area contributed by atoms with Crippen LogP contribution in [0.4, 0.5) is 0 Å². The standard InChI is InChI=1S/C9H16ClNO2/c1-2-3-4-5-6-7-8(11-10)9(12)13/h2,8,11H,1,3-7H2,(H,12,13)/t8-/m0/s1. The Hall–Kier alpha value is -0.540. The molecule has 0 bridgehead atoms. The highest BCUT2D eigenvalue weighted by Gasteiger charge is 2.14. The average molecular weight is 206 g/mol. The molecule has 2 N–H and O–H groups in total. The fourth-order valence-corrected chi connectivity index (χ4v) is 1.24. The Labute approximate surface area is 83.9 Å². The summed E-state index contributed by atoms with van der Waals surface area (Å²) in [6, 6.07) is -0.620. The summed E-state index contributed by atoms with van der Waals surface area (Å²) in [7, 11) is 0. The summed E-state index contributed by atoms with van der Waals surface area (Å²) in [6.07, 6.45) is 6.41. The normalized spacial score (nSPS) is 12.4. The van der Waals surface area contributed by atoms with Gasteiger partial charge in [0.2, 0.25) is 0 Å². The molecule has 0 saturated carbocycles. The van der Waals surface area contributed by atoms with E-state index in [1.54, 1.807) is 0 Å². The van der Waals surface area contributed by atoms with Gasteiger partial charge in [0, 0.05) is 0 Å². The van der Waals surface area contributed by atoms with E-state index in [0.717, 1.165) is 25.7 Å². The first kappa shape index (κ1) is 12.5. The maximum Gasteiger partial charge on any atom is 0.321 e. The SMILES string of the molecule is C=CCCCCC[C@H](NCl)C(=O)O. The van der Waals surface area contributed by atoms with Crippen molar-refractivity contribution in [1.29, 1.82) is 0 Å². The van der Waals surface area contributed by atoms with Gasteiger partial charge in [-0.15, -0.1) is 6.58 Å². The van der Waals surface area contributed by atoms with Gasteiger partial charge in [-0.2, -0.15) is 0 Å². The largest absolute Gasteiger partial charge is 0.480 e. The molecule has 0 saturated heterocycles. The molecular weight excluding hydrogens is 190 g/mol. The Bertz CT molecular complexity index is 162. The highest BCUT2D eigenvalue weighted by molar-refractivity contribution is 6.14. The number of hydrogen-bond donors (Lipinski definition) is 2. The topological polar surface area (TPSA) is 49.3 Å². The van der Waals surface area contributed by atoms with Crippen molar-refractivity contribution in [2.24, 2.45) is 0 Å². The molecule has 0 aliphatic rings. The van der Waals surface area contributed by atoms with Crippen LogP contribution in [0.1, 0.15) is 32.1 Å². The molecule has 13 heavy (non-hydrogen) atoms. The number of aliphatic carboxylic acids is 1. The summed E-state index contributed by atoms with van der Waals surface area (Å²) < 4.78 is 0. The zero-order chi connectivity index (χ0) is 10.1. The molecule has 3 nitrogen and oxygen atoms in total. The number of carbonyl (C=O) groups is 1. The quantitative estimate of drug-likeness (QED) is 0.363. The van der Waals surface area contributed by atoms with E-state index in [1.165, 1.54) is 0 Å². The van der Waals surface area contributed by atoms with Crippen molar-refractivity contribution in [3.63, 3.8) is 0 Å². The van der Waals surface area contributed by atoms with Crippen molar-refractivity contribution >= 4 is 17.7 Å². The van der Waals surface area contributed by atoms with Crippen molar-refractivity contribution in [2.45, 2.75) is 38.1 Å². The second-order valence-corrected chi connectivity index (χ2v) is 3.14. The molecule has 0 rings (SSSR count). The van der Waals surface area contributed by atoms with Crippen LogP contribution in [0.2, 0.25) is 0 Å². The molecule has 0 spiro atoms. The molecular formula is C9H16ClNO2. The molecule has 0 aromatic heterocycles. The lowest BCUT2D eigenvalue weighted by Gasteiger charge is -2.08. The van der Waals surface area contributed by atoms with Crippen LogP contribution in [0, 0.1) is 0 Å². The van der Waals surface area contributed by atoms with Gasteiger partial charge in [-0.05, 0) is 31.0 Å². The van der Waals surface area contributed by atoms with Gasteiger partial charge >= 0.3 is 5.97 Å². The average Bonchev–Trinajstić information content (AvgIpc) is 2.10. The van der Waals surface area contributed by atoms with Gasteiger partial charge in [-0.3, -0.25) is 4.79 Å². The van der Waals surface area contributed by atoms with Gasteiger partial charge in [0.25, 0.3) is 0 Å². The minimum Gasteiger partial charge on any atom is -0.480 e.